The number of quaternary nitrogens is 1. The van der Waals surface area contributed by atoms with E-state index in [2.05, 4.69) is 13.8 Å². The first-order valence-corrected chi connectivity index (χ1v) is 11.5. The second-order valence-electron chi connectivity index (χ2n) is 7.89. The SMILES string of the molecule is CC[NH+](CC)CCCN1C(=O)C(=O)C(=C(O)c2cc(C)ccc2C)[C@H]1c1cccs1. The summed E-state index contributed by atoms with van der Waals surface area (Å²) in [7, 11) is 0. The number of hydrogen-bond acceptors (Lipinski definition) is 4. The molecule has 5 nitrogen and oxygen atoms in total. The minimum absolute atomic E-state index is 0.0789. The smallest absolute Gasteiger partial charge is 0.295 e. The van der Waals surface area contributed by atoms with Crippen LogP contribution in [-0.4, -0.2) is 47.9 Å². The predicted molar refractivity (Wildman–Crippen MR) is 121 cm³/mol. The highest BCUT2D eigenvalue weighted by molar-refractivity contribution is 7.10. The Hall–Kier alpha value is -2.44. The molecule has 1 aromatic carbocycles. The Bertz CT molecular complexity index is 945. The normalized spacial score (nSPS) is 18.6. The summed E-state index contributed by atoms with van der Waals surface area (Å²) in [5, 5.41) is 13.1. The molecule has 1 amide bonds. The predicted octanol–water partition coefficient (Wildman–Crippen LogP) is 3.10. The van der Waals surface area contributed by atoms with E-state index in [1.807, 2.05) is 49.6 Å². The lowest BCUT2D eigenvalue weighted by Gasteiger charge is -2.25. The Kier molecular flexibility index (Phi) is 7.10. The number of carbonyl (C=O) groups excluding carboxylic acids is 2. The van der Waals surface area contributed by atoms with Crippen LogP contribution >= 0.6 is 11.3 Å². The lowest BCUT2D eigenvalue weighted by atomic mass is 9.96. The molecule has 1 fully saturated rings. The van der Waals surface area contributed by atoms with Gasteiger partial charge in [0.15, 0.2) is 0 Å². The van der Waals surface area contributed by atoms with Crippen molar-refractivity contribution in [1.82, 2.24) is 4.90 Å². The van der Waals surface area contributed by atoms with E-state index < -0.39 is 17.7 Å². The number of benzene rings is 1. The molecule has 0 aliphatic carbocycles. The molecular weight excluding hydrogens is 396 g/mol. The molecule has 0 bridgehead atoms. The number of aliphatic hydroxyl groups is 1. The molecule has 0 saturated carbocycles. The Morgan fingerprint density at radius 2 is 1.90 bits per heavy atom. The van der Waals surface area contributed by atoms with Gasteiger partial charge in [-0.2, -0.15) is 0 Å². The fourth-order valence-corrected chi connectivity index (χ4v) is 4.94. The van der Waals surface area contributed by atoms with Crippen LogP contribution in [-0.2, 0) is 9.59 Å². The van der Waals surface area contributed by atoms with Gasteiger partial charge in [0, 0.05) is 23.4 Å². The van der Waals surface area contributed by atoms with Crippen molar-refractivity contribution in [2.75, 3.05) is 26.2 Å². The quantitative estimate of drug-likeness (QED) is 0.387. The molecule has 6 heteroatoms. The number of aryl methyl sites for hydroxylation is 2. The van der Waals surface area contributed by atoms with Crippen molar-refractivity contribution in [3.8, 4) is 0 Å². The summed E-state index contributed by atoms with van der Waals surface area (Å²) in [6.07, 6.45) is 0.815. The van der Waals surface area contributed by atoms with E-state index in [1.54, 1.807) is 4.90 Å². The van der Waals surface area contributed by atoms with Crippen molar-refractivity contribution in [3.05, 3.63) is 62.9 Å². The summed E-state index contributed by atoms with van der Waals surface area (Å²) >= 11 is 1.50. The van der Waals surface area contributed by atoms with Crippen molar-refractivity contribution >= 4 is 28.8 Å². The minimum Gasteiger partial charge on any atom is -0.507 e. The lowest BCUT2D eigenvalue weighted by Crippen LogP contribution is -3.11. The van der Waals surface area contributed by atoms with E-state index >= 15 is 0 Å². The third-order valence-corrected chi connectivity index (χ3v) is 6.85. The molecule has 0 unspecified atom stereocenters. The number of carbonyl (C=O) groups is 2. The highest BCUT2D eigenvalue weighted by Crippen LogP contribution is 2.41. The van der Waals surface area contributed by atoms with Crippen molar-refractivity contribution in [2.45, 2.75) is 40.2 Å². The number of nitrogens with zero attached hydrogens (tertiary/aromatic N) is 1. The third kappa shape index (κ3) is 4.35. The van der Waals surface area contributed by atoms with E-state index in [0.717, 1.165) is 42.1 Å². The molecule has 2 aromatic rings. The van der Waals surface area contributed by atoms with Crippen LogP contribution in [0.5, 0.6) is 0 Å². The number of thiophene rings is 1. The summed E-state index contributed by atoms with van der Waals surface area (Å²) in [5.74, 6) is -1.19. The monoisotopic (exact) mass is 427 g/mol. The Labute approximate surface area is 182 Å². The van der Waals surface area contributed by atoms with E-state index in [1.165, 1.54) is 16.2 Å². The van der Waals surface area contributed by atoms with Gasteiger partial charge in [-0.05, 0) is 50.8 Å². The van der Waals surface area contributed by atoms with E-state index in [9.17, 15) is 14.7 Å². The third-order valence-electron chi connectivity index (χ3n) is 5.93. The van der Waals surface area contributed by atoms with E-state index in [-0.39, 0.29) is 11.3 Å². The first kappa shape index (κ1) is 22.2. The van der Waals surface area contributed by atoms with Crippen LogP contribution < -0.4 is 4.90 Å². The van der Waals surface area contributed by atoms with Crippen molar-refractivity contribution in [1.29, 1.82) is 0 Å². The van der Waals surface area contributed by atoms with E-state index in [4.69, 9.17) is 0 Å². The highest BCUT2D eigenvalue weighted by Gasteiger charge is 2.46. The molecule has 3 rings (SSSR count). The molecule has 2 heterocycles. The number of ketones is 1. The summed E-state index contributed by atoms with van der Waals surface area (Å²) in [6, 6.07) is 9.08. The highest BCUT2D eigenvalue weighted by atomic mass is 32.1. The van der Waals surface area contributed by atoms with Gasteiger partial charge in [0.2, 0.25) is 0 Å². The molecule has 160 valence electrons. The van der Waals surface area contributed by atoms with Crippen LogP contribution in [0.25, 0.3) is 5.76 Å². The van der Waals surface area contributed by atoms with Crippen molar-refractivity contribution in [2.24, 2.45) is 0 Å². The van der Waals surface area contributed by atoms with Crippen LogP contribution in [0.2, 0.25) is 0 Å². The van der Waals surface area contributed by atoms with E-state index in [0.29, 0.717) is 12.1 Å². The summed E-state index contributed by atoms with van der Waals surface area (Å²) < 4.78 is 0. The number of aliphatic hydroxyl groups excluding tert-OH is 1. The maximum Gasteiger partial charge on any atom is 0.295 e. The Balaban J connectivity index is 2.01. The molecule has 1 aromatic heterocycles. The van der Waals surface area contributed by atoms with Crippen molar-refractivity contribution in [3.63, 3.8) is 0 Å². The van der Waals surface area contributed by atoms with Crippen LogP contribution in [0.15, 0.2) is 41.3 Å². The summed E-state index contributed by atoms with van der Waals surface area (Å²) in [4.78, 5) is 30.0. The van der Waals surface area contributed by atoms with Gasteiger partial charge in [-0.15, -0.1) is 11.3 Å². The number of Topliss-reactive ketones (excluding diaryl/α,β-unsaturated/α-hetero) is 1. The number of hydrogen-bond donors (Lipinski definition) is 2. The zero-order valence-electron chi connectivity index (χ0n) is 18.2. The minimum atomic E-state index is -0.595. The molecule has 1 aliphatic rings. The largest absolute Gasteiger partial charge is 0.507 e. The Morgan fingerprint density at radius 3 is 2.53 bits per heavy atom. The van der Waals surface area contributed by atoms with Gasteiger partial charge in [-0.25, -0.2) is 0 Å². The van der Waals surface area contributed by atoms with Gasteiger partial charge in [0.05, 0.1) is 31.2 Å². The fraction of sp³-hybridized carbons (Fsp3) is 0.417. The summed E-state index contributed by atoms with van der Waals surface area (Å²) in [5.41, 5.74) is 2.68. The maximum absolute atomic E-state index is 13.0. The first-order valence-electron chi connectivity index (χ1n) is 10.6. The average molecular weight is 428 g/mol. The van der Waals surface area contributed by atoms with Crippen LogP contribution in [0.3, 0.4) is 0 Å². The summed E-state index contributed by atoms with van der Waals surface area (Å²) in [6.45, 7) is 11.7. The van der Waals surface area contributed by atoms with Crippen LogP contribution in [0, 0.1) is 13.8 Å². The van der Waals surface area contributed by atoms with Gasteiger partial charge in [0.25, 0.3) is 11.7 Å². The Morgan fingerprint density at radius 1 is 1.17 bits per heavy atom. The number of rotatable bonds is 8. The zero-order chi connectivity index (χ0) is 21.8. The lowest BCUT2D eigenvalue weighted by molar-refractivity contribution is -0.896. The number of nitrogens with one attached hydrogen (secondary N) is 1. The maximum atomic E-state index is 13.0. The average Bonchev–Trinajstić information content (AvgIpc) is 3.35. The second-order valence-corrected chi connectivity index (χ2v) is 8.87. The molecule has 1 atom stereocenters. The van der Waals surface area contributed by atoms with Gasteiger partial charge in [-0.3, -0.25) is 9.59 Å². The standard InChI is InChI=1S/C24H30N2O3S/c1-5-25(6-2)12-8-13-26-21(19-9-7-14-30-19)20(23(28)24(26)29)22(27)18-15-16(3)10-11-17(18)4/h7,9-11,14-15,21,27H,5-6,8,12-13H2,1-4H3/p+1/t21-/m1/s1. The second kappa shape index (κ2) is 9.58. The van der Waals surface area contributed by atoms with Crippen LogP contribution in [0.1, 0.15) is 47.9 Å². The van der Waals surface area contributed by atoms with Gasteiger partial charge in [0.1, 0.15) is 5.76 Å². The number of amides is 1. The molecule has 1 aliphatic heterocycles. The molecule has 30 heavy (non-hydrogen) atoms. The molecule has 1 saturated heterocycles. The number of likely N-dealkylation sites (tertiary alicyclic amines) is 1. The fourth-order valence-electron chi connectivity index (χ4n) is 4.09. The molecule has 0 radical (unpaired) electrons. The molecule has 2 N–H and O–H groups in total. The first-order chi connectivity index (χ1) is 14.4. The van der Waals surface area contributed by atoms with Crippen LogP contribution in [0.4, 0.5) is 0 Å². The van der Waals surface area contributed by atoms with Crippen molar-refractivity contribution < 1.29 is 19.6 Å². The van der Waals surface area contributed by atoms with Gasteiger partial charge >= 0.3 is 0 Å². The zero-order valence-corrected chi connectivity index (χ0v) is 19.0. The molecular formula is C24H31N2O3S+. The topological polar surface area (TPSA) is 62.0 Å². The van der Waals surface area contributed by atoms with Gasteiger partial charge in [-0.1, -0.05) is 23.8 Å². The molecule has 0 spiro atoms. The van der Waals surface area contributed by atoms with Gasteiger partial charge < -0.3 is 14.9 Å².